The molecule has 4 heteroatoms. The SMILES string of the molecule is CSc1ccc(CC(=O)N2CCOCC2)cc1. The highest BCUT2D eigenvalue weighted by molar-refractivity contribution is 7.98. The quantitative estimate of drug-likeness (QED) is 0.767. The Bertz CT molecular complexity index is 372. The normalized spacial score (nSPS) is 15.9. The molecule has 0 bridgehead atoms. The van der Waals surface area contributed by atoms with Gasteiger partial charge in [-0.05, 0) is 24.0 Å². The van der Waals surface area contributed by atoms with Gasteiger partial charge in [0.2, 0.25) is 5.91 Å². The molecule has 1 amide bonds. The van der Waals surface area contributed by atoms with Gasteiger partial charge in [0.05, 0.1) is 19.6 Å². The molecule has 2 rings (SSSR count). The minimum atomic E-state index is 0.199. The first-order valence-electron chi connectivity index (χ1n) is 5.78. The van der Waals surface area contributed by atoms with Gasteiger partial charge in [-0.15, -0.1) is 11.8 Å². The molecule has 0 spiro atoms. The summed E-state index contributed by atoms with van der Waals surface area (Å²) in [7, 11) is 0. The highest BCUT2D eigenvalue weighted by atomic mass is 32.2. The zero-order valence-corrected chi connectivity index (χ0v) is 10.8. The summed E-state index contributed by atoms with van der Waals surface area (Å²) in [5.74, 6) is 0.199. The van der Waals surface area contributed by atoms with E-state index in [-0.39, 0.29) is 5.91 Å². The van der Waals surface area contributed by atoms with Crippen molar-refractivity contribution in [2.24, 2.45) is 0 Å². The van der Waals surface area contributed by atoms with Gasteiger partial charge in [0, 0.05) is 18.0 Å². The lowest BCUT2D eigenvalue weighted by Gasteiger charge is -2.26. The number of carbonyl (C=O) groups excluding carboxylic acids is 1. The Labute approximate surface area is 106 Å². The topological polar surface area (TPSA) is 29.5 Å². The summed E-state index contributed by atoms with van der Waals surface area (Å²) in [4.78, 5) is 15.1. The van der Waals surface area contributed by atoms with Crippen LogP contribution >= 0.6 is 11.8 Å². The smallest absolute Gasteiger partial charge is 0.227 e. The van der Waals surface area contributed by atoms with E-state index in [9.17, 15) is 4.79 Å². The Morgan fingerprint density at radius 3 is 2.53 bits per heavy atom. The highest BCUT2D eigenvalue weighted by Crippen LogP contribution is 2.15. The van der Waals surface area contributed by atoms with Gasteiger partial charge >= 0.3 is 0 Å². The molecule has 0 aliphatic carbocycles. The van der Waals surface area contributed by atoms with Crippen molar-refractivity contribution in [2.75, 3.05) is 32.6 Å². The van der Waals surface area contributed by atoms with Gasteiger partial charge in [-0.25, -0.2) is 0 Å². The molecule has 0 unspecified atom stereocenters. The maximum Gasteiger partial charge on any atom is 0.227 e. The summed E-state index contributed by atoms with van der Waals surface area (Å²) in [6.07, 6.45) is 2.54. The van der Waals surface area contributed by atoms with E-state index in [2.05, 4.69) is 12.1 Å². The van der Waals surface area contributed by atoms with E-state index >= 15 is 0 Å². The number of hydrogen-bond donors (Lipinski definition) is 0. The average Bonchev–Trinajstić information content (AvgIpc) is 2.40. The van der Waals surface area contributed by atoms with E-state index < -0.39 is 0 Å². The predicted octanol–water partition coefficient (Wildman–Crippen LogP) is 1.81. The van der Waals surface area contributed by atoms with Crippen molar-refractivity contribution in [3.63, 3.8) is 0 Å². The zero-order valence-electron chi connectivity index (χ0n) is 10.0. The Kier molecular flexibility index (Phi) is 4.45. The number of amides is 1. The fourth-order valence-corrected chi connectivity index (χ4v) is 2.25. The zero-order chi connectivity index (χ0) is 12.1. The van der Waals surface area contributed by atoms with E-state index in [0.29, 0.717) is 19.6 Å². The molecule has 3 nitrogen and oxygen atoms in total. The lowest BCUT2D eigenvalue weighted by atomic mass is 10.1. The lowest BCUT2D eigenvalue weighted by molar-refractivity contribution is -0.134. The van der Waals surface area contributed by atoms with E-state index in [1.165, 1.54) is 4.90 Å². The van der Waals surface area contributed by atoms with Crippen LogP contribution in [0.2, 0.25) is 0 Å². The van der Waals surface area contributed by atoms with E-state index in [4.69, 9.17) is 4.74 Å². The van der Waals surface area contributed by atoms with Gasteiger partial charge in [-0.3, -0.25) is 4.79 Å². The molecule has 92 valence electrons. The van der Waals surface area contributed by atoms with Crippen LogP contribution in [0.1, 0.15) is 5.56 Å². The van der Waals surface area contributed by atoms with Crippen molar-refractivity contribution in [1.82, 2.24) is 4.90 Å². The Hall–Kier alpha value is -1.00. The summed E-state index contributed by atoms with van der Waals surface area (Å²) in [5, 5.41) is 0. The van der Waals surface area contributed by atoms with E-state index in [1.54, 1.807) is 11.8 Å². The van der Waals surface area contributed by atoms with Crippen molar-refractivity contribution in [1.29, 1.82) is 0 Å². The monoisotopic (exact) mass is 251 g/mol. The van der Waals surface area contributed by atoms with Gasteiger partial charge < -0.3 is 9.64 Å². The van der Waals surface area contributed by atoms with Crippen molar-refractivity contribution >= 4 is 17.7 Å². The summed E-state index contributed by atoms with van der Waals surface area (Å²) < 4.78 is 5.23. The Balaban J connectivity index is 1.92. The van der Waals surface area contributed by atoms with Crippen LogP contribution in [-0.2, 0) is 16.0 Å². The molecule has 0 aromatic heterocycles. The van der Waals surface area contributed by atoms with Gasteiger partial charge in [0.25, 0.3) is 0 Å². The second kappa shape index (κ2) is 6.07. The third-order valence-electron chi connectivity index (χ3n) is 2.88. The van der Waals surface area contributed by atoms with Crippen molar-refractivity contribution in [3.05, 3.63) is 29.8 Å². The lowest BCUT2D eigenvalue weighted by Crippen LogP contribution is -2.41. The van der Waals surface area contributed by atoms with Crippen LogP contribution in [0.4, 0.5) is 0 Å². The van der Waals surface area contributed by atoms with Gasteiger partial charge in [0.1, 0.15) is 0 Å². The first kappa shape index (κ1) is 12.5. The molecule has 1 aromatic rings. The van der Waals surface area contributed by atoms with Crippen LogP contribution in [0.25, 0.3) is 0 Å². The van der Waals surface area contributed by atoms with E-state index in [0.717, 1.165) is 18.7 Å². The Morgan fingerprint density at radius 2 is 1.94 bits per heavy atom. The molecule has 0 atom stereocenters. The standard InChI is InChI=1S/C13H17NO2S/c1-17-12-4-2-11(3-5-12)10-13(15)14-6-8-16-9-7-14/h2-5H,6-10H2,1H3. The fourth-order valence-electron chi connectivity index (χ4n) is 1.84. The summed E-state index contributed by atoms with van der Waals surface area (Å²) in [6, 6.07) is 8.19. The van der Waals surface area contributed by atoms with Crippen LogP contribution in [0.5, 0.6) is 0 Å². The number of ether oxygens (including phenoxy) is 1. The van der Waals surface area contributed by atoms with Crippen molar-refractivity contribution < 1.29 is 9.53 Å². The van der Waals surface area contributed by atoms with Gasteiger partial charge in [-0.2, -0.15) is 0 Å². The fraction of sp³-hybridized carbons (Fsp3) is 0.462. The number of benzene rings is 1. The first-order chi connectivity index (χ1) is 8.29. The maximum absolute atomic E-state index is 12.0. The average molecular weight is 251 g/mol. The summed E-state index contributed by atoms with van der Waals surface area (Å²) >= 11 is 1.71. The second-order valence-corrected chi connectivity index (χ2v) is 4.90. The van der Waals surface area contributed by atoms with Gasteiger partial charge in [-0.1, -0.05) is 12.1 Å². The largest absolute Gasteiger partial charge is 0.378 e. The number of nitrogens with zero attached hydrogens (tertiary/aromatic N) is 1. The molecule has 1 aliphatic heterocycles. The van der Waals surface area contributed by atoms with Crippen molar-refractivity contribution in [3.8, 4) is 0 Å². The molecule has 1 aromatic carbocycles. The minimum absolute atomic E-state index is 0.199. The molecule has 1 saturated heterocycles. The number of hydrogen-bond acceptors (Lipinski definition) is 3. The maximum atomic E-state index is 12.0. The van der Waals surface area contributed by atoms with Crippen LogP contribution in [0.3, 0.4) is 0 Å². The molecule has 0 saturated carbocycles. The molecule has 0 N–H and O–H groups in total. The van der Waals surface area contributed by atoms with Gasteiger partial charge in [0.15, 0.2) is 0 Å². The third-order valence-corrected chi connectivity index (χ3v) is 3.62. The van der Waals surface area contributed by atoms with Crippen LogP contribution in [0, 0.1) is 0 Å². The molecule has 0 radical (unpaired) electrons. The molecule has 1 fully saturated rings. The summed E-state index contributed by atoms with van der Waals surface area (Å²) in [5.41, 5.74) is 1.08. The molecule has 1 heterocycles. The molecule has 17 heavy (non-hydrogen) atoms. The van der Waals surface area contributed by atoms with Crippen LogP contribution in [0.15, 0.2) is 29.2 Å². The Morgan fingerprint density at radius 1 is 1.29 bits per heavy atom. The summed E-state index contributed by atoms with van der Waals surface area (Å²) in [6.45, 7) is 2.78. The molecule has 1 aliphatic rings. The second-order valence-electron chi connectivity index (χ2n) is 4.02. The van der Waals surface area contributed by atoms with Crippen molar-refractivity contribution in [2.45, 2.75) is 11.3 Å². The number of rotatable bonds is 3. The van der Waals surface area contributed by atoms with E-state index in [1.807, 2.05) is 23.3 Å². The molecular weight excluding hydrogens is 234 g/mol. The minimum Gasteiger partial charge on any atom is -0.378 e. The highest BCUT2D eigenvalue weighted by Gasteiger charge is 2.16. The number of morpholine rings is 1. The third kappa shape index (κ3) is 3.48. The van der Waals surface area contributed by atoms with Crippen LogP contribution < -0.4 is 0 Å². The first-order valence-corrected chi connectivity index (χ1v) is 7.00. The predicted molar refractivity (Wildman–Crippen MR) is 69.3 cm³/mol. The van der Waals surface area contributed by atoms with Crippen LogP contribution in [-0.4, -0.2) is 43.4 Å². The number of carbonyl (C=O) groups is 1. The molecular formula is C13H17NO2S. The number of thioether (sulfide) groups is 1.